The first-order valence-electron chi connectivity index (χ1n) is 19.3. The second kappa shape index (κ2) is 16.2. The molecule has 0 amide bonds. The molecule has 9 rings (SSSR count). The fourth-order valence-corrected chi connectivity index (χ4v) is 8.16. The molecular formula is C44H40Cl2N8O4. The summed E-state index contributed by atoms with van der Waals surface area (Å²) in [6, 6.07) is 34.5. The summed E-state index contributed by atoms with van der Waals surface area (Å²) in [5.74, 6) is 7.06. The number of nitrogens with two attached hydrogens (primary N) is 1. The van der Waals surface area contributed by atoms with Crippen LogP contribution in [0, 0.1) is 16.0 Å². The summed E-state index contributed by atoms with van der Waals surface area (Å²) in [5.41, 5.74) is 9.39. The molecule has 1 unspecified atom stereocenters. The number of fused-ring (bicyclic) bond motifs is 3. The molecule has 1 fully saturated rings. The number of nitrogens with zero attached hydrogens (tertiary/aromatic N) is 7. The molecule has 0 bridgehead atoms. The number of ether oxygens (including phenoxy) is 2. The van der Waals surface area contributed by atoms with Crippen LogP contribution in [0.5, 0.6) is 6.01 Å². The second-order valence-corrected chi connectivity index (χ2v) is 15.8. The van der Waals surface area contributed by atoms with E-state index in [1.165, 1.54) is 11.8 Å². The maximum Gasteiger partial charge on any atom is 0.414 e. The Labute approximate surface area is 344 Å². The first-order chi connectivity index (χ1) is 28.3. The molecule has 12 nitrogen and oxygen atoms in total. The largest absolute Gasteiger partial charge is 0.443 e. The second-order valence-electron chi connectivity index (χ2n) is 14.9. The number of imidazole rings is 1. The van der Waals surface area contributed by atoms with Crippen LogP contribution in [0.25, 0.3) is 44.7 Å². The zero-order chi connectivity index (χ0) is 39.8. The van der Waals surface area contributed by atoms with Gasteiger partial charge in [0.1, 0.15) is 18.9 Å². The molecule has 2 N–H and O–H groups in total. The van der Waals surface area contributed by atoms with Crippen LogP contribution in [0.2, 0.25) is 10.0 Å². The number of likely N-dealkylation sites (tertiary alicyclic amines) is 1. The van der Waals surface area contributed by atoms with Gasteiger partial charge in [0, 0.05) is 39.2 Å². The Balaban J connectivity index is 0.908. The number of para-hydroxylation sites is 2. The van der Waals surface area contributed by atoms with Crippen molar-refractivity contribution < 1.29 is 14.4 Å². The Morgan fingerprint density at radius 3 is 2.26 bits per heavy atom. The topological polar surface area (TPSA) is 139 Å². The van der Waals surface area contributed by atoms with Gasteiger partial charge < -0.3 is 25.4 Å². The average Bonchev–Trinajstić information content (AvgIpc) is 3.68. The van der Waals surface area contributed by atoms with Gasteiger partial charge in [0.15, 0.2) is 0 Å². The van der Waals surface area contributed by atoms with Crippen molar-refractivity contribution in [1.82, 2.24) is 24.1 Å². The SMILES string of the molecule is Nn1c2cc(=NCC3CCN(Cc4ccc(COC5COc6nc([N+](=O)[O-])cn6C5)cc4)CC3)c(-c3ccc(Cl)cc3)c(-c3ccc(Cl)cc3)c-2nc2ccccc21. The molecule has 1 aliphatic carbocycles. The van der Waals surface area contributed by atoms with Crippen LogP contribution < -0.4 is 15.9 Å². The molecule has 294 valence electrons. The van der Waals surface area contributed by atoms with E-state index in [4.69, 9.17) is 48.5 Å². The predicted octanol–water partition coefficient (Wildman–Crippen LogP) is 8.39. The summed E-state index contributed by atoms with van der Waals surface area (Å²) in [6.45, 7) is 4.70. The maximum atomic E-state index is 11.1. The molecule has 4 heterocycles. The van der Waals surface area contributed by atoms with Gasteiger partial charge in [-0.25, -0.2) is 4.98 Å². The van der Waals surface area contributed by atoms with Gasteiger partial charge in [-0.1, -0.05) is 83.9 Å². The quantitative estimate of drug-likeness (QED) is 0.0629. The molecule has 14 heteroatoms. The monoisotopic (exact) mass is 814 g/mol. The molecule has 3 aliphatic heterocycles. The molecule has 0 saturated carbocycles. The highest BCUT2D eigenvalue weighted by molar-refractivity contribution is 6.31. The van der Waals surface area contributed by atoms with Crippen molar-refractivity contribution in [3.05, 3.63) is 146 Å². The maximum absolute atomic E-state index is 11.1. The highest BCUT2D eigenvalue weighted by atomic mass is 35.5. The third-order valence-corrected chi connectivity index (χ3v) is 11.5. The molecule has 4 aliphatic rings. The van der Waals surface area contributed by atoms with Gasteiger partial charge in [0.05, 0.1) is 40.9 Å². The van der Waals surface area contributed by atoms with Crippen molar-refractivity contribution in [1.29, 1.82) is 0 Å². The Bertz CT molecular complexity index is 2640. The van der Waals surface area contributed by atoms with Gasteiger partial charge in [0.2, 0.25) is 0 Å². The van der Waals surface area contributed by atoms with E-state index in [1.54, 1.807) is 9.24 Å². The Morgan fingerprint density at radius 1 is 0.879 bits per heavy atom. The number of aromatic nitrogens is 4. The Kier molecular flexibility index (Phi) is 10.6. The number of benzene rings is 5. The number of piperidine rings is 1. The first-order valence-corrected chi connectivity index (χ1v) is 20.0. The van der Waals surface area contributed by atoms with Gasteiger partial charge in [0.25, 0.3) is 0 Å². The minimum Gasteiger partial charge on any atom is -0.443 e. The van der Waals surface area contributed by atoms with E-state index in [2.05, 4.69) is 40.2 Å². The summed E-state index contributed by atoms with van der Waals surface area (Å²) < 4.78 is 15.0. The van der Waals surface area contributed by atoms with Gasteiger partial charge in [-0.15, -0.1) is 0 Å². The zero-order valence-electron chi connectivity index (χ0n) is 31.5. The Morgan fingerprint density at radius 2 is 1.55 bits per heavy atom. The first kappa shape index (κ1) is 37.8. The minimum absolute atomic E-state index is 0.223. The van der Waals surface area contributed by atoms with Crippen LogP contribution in [0.4, 0.5) is 5.82 Å². The van der Waals surface area contributed by atoms with Crippen molar-refractivity contribution in [2.45, 2.75) is 38.6 Å². The molecular weight excluding hydrogens is 775 g/mol. The third-order valence-electron chi connectivity index (χ3n) is 11.0. The summed E-state index contributed by atoms with van der Waals surface area (Å²) in [6.07, 6.45) is 3.24. The van der Waals surface area contributed by atoms with Gasteiger partial charge in [-0.05, 0) is 101 Å². The van der Waals surface area contributed by atoms with E-state index in [0.29, 0.717) is 42.3 Å². The van der Waals surface area contributed by atoms with Crippen LogP contribution in [0.1, 0.15) is 24.0 Å². The number of hydrogen-bond donors (Lipinski definition) is 1. The summed E-state index contributed by atoms with van der Waals surface area (Å²) >= 11 is 12.8. The fraction of sp³-hybridized carbons (Fsp3) is 0.250. The van der Waals surface area contributed by atoms with Crippen LogP contribution in [-0.4, -0.2) is 61.4 Å². The molecule has 1 saturated heterocycles. The van der Waals surface area contributed by atoms with Gasteiger partial charge >= 0.3 is 11.8 Å². The minimum atomic E-state index is -0.523. The highest BCUT2D eigenvalue weighted by Gasteiger charge is 2.29. The van der Waals surface area contributed by atoms with Crippen LogP contribution in [-0.2, 0) is 24.4 Å². The molecule has 1 aromatic heterocycles. The lowest BCUT2D eigenvalue weighted by Gasteiger charge is -2.31. The molecule has 58 heavy (non-hydrogen) atoms. The highest BCUT2D eigenvalue weighted by Crippen LogP contribution is 2.40. The van der Waals surface area contributed by atoms with Crippen LogP contribution >= 0.6 is 23.2 Å². The van der Waals surface area contributed by atoms with Crippen molar-refractivity contribution in [2.24, 2.45) is 10.9 Å². The lowest BCUT2D eigenvalue weighted by molar-refractivity contribution is -0.389. The van der Waals surface area contributed by atoms with Gasteiger partial charge in [-0.3, -0.25) is 19.1 Å². The van der Waals surface area contributed by atoms with E-state index in [-0.39, 0.29) is 17.9 Å². The van der Waals surface area contributed by atoms with Crippen LogP contribution in [0.3, 0.4) is 0 Å². The van der Waals surface area contributed by atoms with E-state index >= 15 is 0 Å². The van der Waals surface area contributed by atoms with E-state index < -0.39 is 4.92 Å². The summed E-state index contributed by atoms with van der Waals surface area (Å²) in [7, 11) is 0. The van der Waals surface area contributed by atoms with Crippen molar-refractivity contribution in [3.63, 3.8) is 0 Å². The van der Waals surface area contributed by atoms with E-state index in [1.807, 2.05) is 72.8 Å². The van der Waals surface area contributed by atoms with Crippen molar-refractivity contribution in [3.8, 4) is 39.7 Å². The number of nitro groups is 1. The third kappa shape index (κ3) is 7.88. The number of hydrogen-bond acceptors (Lipinski definition) is 9. The van der Waals surface area contributed by atoms with E-state index in [0.717, 1.165) is 88.1 Å². The molecule has 4 aromatic carbocycles. The lowest BCUT2D eigenvalue weighted by atomic mass is 9.89. The van der Waals surface area contributed by atoms with Gasteiger partial charge in [-0.2, -0.15) is 0 Å². The molecule has 5 aromatic rings. The fourth-order valence-electron chi connectivity index (χ4n) is 7.91. The summed E-state index contributed by atoms with van der Waals surface area (Å²) in [5, 5.41) is 13.2. The smallest absolute Gasteiger partial charge is 0.414 e. The standard InChI is InChI=1S/C44H40Cl2N8O4/c45-33-13-9-31(10-14-33)41-37(21-39-43(42(41)32-11-15-34(46)16-12-32)49-36-3-1-2-4-38(36)53(39)47)48-22-28-17-19-51(20-18-28)23-29-5-7-30(8-6-29)26-57-35-24-52-25-40(54(55)56)50-44(52)58-27-35/h1-16,21,25,28,35H,17-20,22-24,26-27,47H2. The van der Waals surface area contributed by atoms with Crippen molar-refractivity contribution in [2.75, 3.05) is 32.1 Å². The van der Waals surface area contributed by atoms with E-state index in [9.17, 15) is 10.1 Å². The number of nitrogen functional groups attached to an aromatic ring is 1. The number of rotatable bonds is 10. The normalized spacial score (nSPS) is 16.4. The number of halogens is 2. The van der Waals surface area contributed by atoms with Crippen LogP contribution in [0.15, 0.2) is 114 Å². The Hall–Kier alpha value is -5.79. The summed E-state index contributed by atoms with van der Waals surface area (Å²) in [4.78, 5) is 27.5. The average molecular weight is 816 g/mol. The molecule has 0 radical (unpaired) electrons. The molecule has 0 spiro atoms. The predicted molar refractivity (Wildman–Crippen MR) is 225 cm³/mol. The zero-order valence-corrected chi connectivity index (χ0v) is 33.0. The van der Waals surface area contributed by atoms with Crippen molar-refractivity contribution >= 4 is 40.1 Å². The lowest BCUT2D eigenvalue weighted by Crippen LogP contribution is -2.34. The molecule has 1 atom stereocenters.